The van der Waals surface area contributed by atoms with E-state index >= 15 is 0 Å². The third-order valence-electron chi connectivity index (χ3n) is 2.91. The van der Waals surface area contributed by atoms with Crippen molar-refractivity contribution >= 4 is 5.97 Å². The molecule has 110 valence electrons. The molecule has 0 aliphatic carbocycles. The number of aliphatic hydroxyl groups is 1. The van der Waals surface area contributed by atoms with Crippen LogP contribution >= 0.6 is 0 Å². The molecule has 0 aromatic heterocycles. The Kier molecular flexibility index (Phi) is 6.25. The van der Waals surface area contributed by atoms with Crippen molar-refractivity contribution in [2.45, 2.75) is 32.5 Å². The van der Waals surface area contributed by atoms with Crippen LogP contribution in [-0.2, 0) is 9.53 Å². The molecule has 0 amide bonds. The van der Waals surface area contributed by atoms with Crippen LogP contribution in [-0.4, -0.2) is 24.3 Å². The van der Waals surface area contributed by atoms with Crippen molar-refractivity contribution in [1.29, 1.82) is 0 Å². The molecule has 0 aliphatic rings. The molecule has 0 aliphatic heterocycles. The van der Waals surface area contributed by atoms with Gasteiger partial charge in [-0.15, -0.1) is 6.58 Å². The van der Waals surface area contributed by atoms with Crippen molar-refractivity contribution in [2.24, 2.45) is 5.92 Å². The Morgan fingerprint density at radius 3 is 2.60 bits per heavy atom. The normalized spacial score (nSPS) is 13.7. The third kappa shape index (κ3) is 4.10. The molecule has 20 heavy (non-hydrogen) atoms. The van der Waals surface area contributed by atoms with E-state index in [0.29, 0.717) is 17.7 Å². The summed E-state index contributed by atoms with van der Waals surface area (Å²) in [5, 5.41) is 10.5. The molecule has 4 heteroatoms. The van der Waals surface area contributed by atoms with E-state index in [4.69, 9.17) is 9.47 Å². The van der Waals surface area contributed by atoms with Gasteiger partial charge in [0.15, 0.2) is 0 Å². The van der Waals surface area contributed by atoms with Gasteiger partial charge in [-0.3, -0.25) is 4.79 Å². The average Bonchev–Trinajstić information content (AvgIpc) is 2.43. The Balaban J connectivity index is 3.07. The summed E-state index contributed by atoms with van der Waals surface area (Å²) < 4.78 is 10.4. The minimum atomic E-state index is -0.990. The second kappa shape index (κ2) is 7.70. The van der Waals surface area contributed by atoms with Gasteiger partial charge in [-0.05, 0) is 26.3 Å². The van der Waals surface area contributed by atoms with Crippen molar-refractivity contribution in [3.05, 3.63) is 42.5 Å². The first kappa shape index (κ1) is 16.2. The zero-order valence-electron chi connectivity index (χ0n) is 12.2. The van der Waals surface area contributed by atoms with E-state index in [9.17, 15) is 9.90 Å². The lowest BCUT2D eigenvalue weighted by Gasteiger charge is -2.23. The van der Waals surface area contributed by atoms with Gasteiger partial charge < -0.3 is 14.6 Å². The highest BCUT2D eigenvalue weighted by Crippen LogP contribution is 2.33. The number of hydrogen-bond donors (Lipinski definition) is 1. The molecule has 0 saturated carbocycles. The molecule has 1 N–H and O–H groups in total. The van der Waals surface area contributed by atoms with Crippen molar-refractivity contribution < 1.29 is 19.4 Å². The fourth-order valence-electron chi connectivity index (χ4n) is 1.99. The summed E-state index contributed by atoms with van der Waals surface area (Å²) in [6, 6.07) is 7.16. The molecular weight excluding hydrogens is 256 g/mol. The number of aliphatic hydroxyl groups excluding tert-OH is 1. The van der Waals surface area contributed by atoms with Gasteiger partial charge in [0, 0.05) is 5.56 Å². The van der Waals surface area contributed by atoms with Crippen molar-refractivity contribution in [1.82, 2.24) is 0 Å². The van der Waals surface area contributed by atoms with E-state index in [1.54, 1.807) is 24.3 Å². The van der Waals surface area contributed by atoms with Gasteiger partial charge in [-0.1, -0.05) is 24.3 Å². The second-order valence-corrected chi connectivity index (χ2v) is 4.80. The summed E-state index contributed by atoms with van der Waals surface area (Å²) in [7, 11) is 1.31. The summed E-state index contributed by atoms with van der Waals surface area (Å²) in [4.78, 5) is 11.8. The molecular formula is C16H22O4. The van der Waals surface area contributed by atoms with Gasteiger partial charge >= 0.3 is 5.97 Å². The molecule has 0 radical (unpaired) electrons. The Labute approximate surface area is 120 Å². The second-order valence-electron chi connectivity index (χ2n) is 4.80. The minimum Gasteiger partial charge on any atom is -0.491 e. The lowest BCUT2D eigenvalue weighted by Crippen LogP contribution is -2.24. The van der Waals surface area contributed by atoms with Crippen LogP contribution in [0.1, 0.15) is 31.9 Å². The molecule has 1 rings (SSSR count). The fraction of sp³-hybridized carbons (Fsp3) is 0.438. The molecule has 1 aromatic rings. The number of para-hydroxylation sites is 1. The lowest BCUT2D eigenvalue weighted by atomic mass is 9.92. The first-order valence-corrected chi connectivity index (χ1v) is 6.63. The van der Waals surface area contributed by atoms with Crippen molar-refractivity contribution in [3.63, 3.8) is 0 Å². The van der Waals surface area contributed by atoms with Gasteiger partial charge in [0.1, 0.15) is 5.75 Å². The Morgan fingerprint density at radius 1 is 1.40 bits per heavy atom. The smallest absolute Gasteiger partial charge is 0.311 e. The molecule has 0 spiro atoms. The maximum atomic E-state index is 11.8. The van der Waals surface area contributed by atoms with Crippen LogP contribution in [0.15, 0.2) is 36.9 Å². The predicted octanol–water partition coefficient (Wildman–Crippen LogP) is 2.87. The van der Waals surface area contributed by atoms with Gasteiger partial charge in [0.25, 0.3) is 0 Å². The van der Waals surface area contributed by atoms with Crippen LogP contribution in [0, 0.1) is 5.92 Å². The van der Waals surface area contributed by atoms with Crippen molar-refractivity contribution in [3.8, 4) is 5.75 Å². The highest BCUT2D eigenvalue weighted by molar-refractivity contribution is 5.73. The summed E-state index contributed by atoms with van der Waals surface area (Å²) in [6.07, 6.45) is 0.926. The Bertz CT molecular complexity index is 454. The number of allylic oxidation sites excluding steroid dienone is 1. The molecule has 0 bridgehead atoms. The van der Waals surface area contributed by atoms with Gasteiger partial charge in [0.2, 0.25) is 0 Å². The summed E-state index contributed by atoms with van der Waals surface area (Å²) in [5.74, 6) is -0.570. The van der Waals surface area contributed by atoms with Gasteiger partial charge in [-0.2, -0.15) is 0 Å². The number of methoxy groups -OCH3 is 1. The molecule has 2 atom stereocenters. The molecule has 0 fully saturated rings. The monoisotopic (exact) mass is 278 g/mol. The number of carbonyl (C=O) groups excluding carboxylic acids is 1. The minimum absolute atomic E-state index is 0.0145. The third-order valence-corrected chi connectivity index (χ3v) is 2.91. The van der Waals surface area contributed by atoms with Gasteiger partial charge in [-0.25, -0.2) is 0 Å². The molecule has 1 aromatic carbocycles. The molecule has 0 heterocycles. The Hall–Kier alpha value is -1.81. The van der Waals surface area contributed by atoms with E-state index < -0.39 is 18.0 Å². The molecule has 4 nitrogen and oxygen atoms in total. The van der Waals surface area contributed by atoms with Crippen LogP contribution in [0.5, 0.6) is 5.75 Å². The lowest BCUT2D eigenvalue weighted by molar-refractivity contribution is -0.149. The van der Waals surface area contributed by atoms with Crippen LogP contribution in [0.25, 0.3) is 0 Å². The SMILES string of the molecule is C=CCC(C(=O)OC)[C@H](O)c1ccccc1OC(C)C. The number of ether oxygens (including phenoxy) is 2. The maximum absolute atomic E-state index is 11.8. The van der Waals surface area contributed by atoms with E-state index in [1.165, 1.54) is 7.11 Å². The summed E-state index contributed by atoms with van der Waals surface area (Å²) in [5.41, 5.74) is 0.582. The van der Waals surface area contributed by atoms with Crippen LogP contribution in [0.3, 0.4) is 0 Å². The zero-order valence-corrected chi connectivity index (χ0v) is 12.2. The predicted molar refractivity (Wildman–Crippen MR) is 77.5 cm³/mol. The number of hydrogen-bond acceptors (Lipinski definition) is 4. The number of rotatable bonds is 7. The van der Waals surface area contributed by atoms with Crippen LogP contribution in [0.4, 0.5) is 0 Å². The Morgan fingerprint density at radius 2 is 2.05 bits per heavy atom. The standard InChI is InChI=1S/C16H22O4/c1-5-8-13(16(18)19-4)15(17)12-9-6-7-10-14(12)20-11(2)3/h5-7,9-11,13,15,17H,1,8H2,2-4H3/t13?,15-/m1/s1. The highest BCUT2D eigenvalue weighted by Gasteiger charge is 2.29. The molecule has 1 unspecified atom stereocenters. The largest absolute Gasteiger partial charge is 0.491 e. The first-order chi connectivity index (χ1) is 9.51. The topological polar surface area (TPSA) is 55.8 Å². The van der Waals surface area contributed by atoms with E-state index in [-0.39, 0.29) is 6.10 Å². The first-order valence-electron chi connectivity index (χ1n) is 6.63. The quantitative estimate of drug-likeness (QED) is 0.615. The maximum Gasteiger partial charge on any atom is 0.311 e. The fourth-order valence-corrected chi connectivity index (χ4v) is 1.99. The summed E-state index contributed by atoms with van der Waals surface area (Å²) in [6.45, 7) is 7.43. The number of esters is 1. The van der Waals surface area contributed by atoms with Crippen LogP contribution in [0.2, 0.25) is 0 Å². The van der Waals surface area contributed by atoms with Crippen molar-refractivity contribution in [2.75, 3.05) is 7.11 Å². The van der Waals surface area contributed by atoms with Gasteiger partial charge in [0.05, 0.1) is 25.2 Å². The van der Waals surface area contributed by atoms with Crippen LogP contribution < -0.4 is 4.74 Å². The average molecular weight is 278 g/mol. The number of benzene rings is 1. The highest BCUT2D eigenvalue weighted by atomic mass is 16.5. The van der Waals surface area contributed by atoms with E-state index in [2.05, 4.69) is 6.58 Å². The zero-order chi connectivity index (χ0) is 15.1. The van der Waals surface area contributed by atoms with E-state index in [0.717, 1.165) is 0 Å². The summed E-state index contributed by atoms with van der Waals surface area (Å²) >= 11 is 0. The number of carbonyl (C=O) groups is 1. The van der Waals surface area contributed by atoms with E-state index in [1.807, 2.05) is 19.9 Å². The molecule has 0 saturated heterocycles.